The molecule has 3 N–H and O–H groups in total. The summed E-state index contributed by atoms with van der Waals surface area (Å²) in [5, 5.41) is 23.2. The van der Waals surface area contributed by atoms with Gasteiger partial charge in [0.2, 0.25) is 5.91 Å². The zero-order valence-corrected chi connectivity index (χ0v) is 37.7. The minimum absolute atomic E-state index is 0.0535. The number of amides is 1. The molecule has 0 bridgehead atoms. The summed E-state index contributed by atoms with van der Waals surface area (Å²) >= 11 is 0. The molecule has 1 amide bonds. The lowest BCUT2D eigenvalue weighted by atomic mass is 10.0. The second-order valence-electron chi connectivity index (χ2n) is 16.9. The molecule has 0 aliphatic carbocycles. The molecular weight excluding hydrogens is 687 g/mol. The van der Waals surface area contributed by atoms with E-state index in [2.05, 4.69) is 67.8 Å². The summed E-state index contributed by atoms with van der Waals surface area (Å²) in [6, 6.07) is -0.551. The number of nitrogens with one attached hydrogen (secondary N) is 1. The number of hydrogen-bond donors (Lipinski definition) is 3. The first-order chi connectivity index (χ1) is 27.7. The van der Waals surface area contributed by atoms with E-state index in [4.69, 9.17) is 0 Å². The van der Waals surface area contributed by atoms with E-state index < -0.39 is 12.1 Å². The number of carbonyl (C=O) groups is 1. The molecule has 0 heterocycles. The maximum absolute atomic E-state index is 12.4. The molecule has 0 spiro atoms. The number of aliphatic hydroxyl groups excluding tert-OH is 2. The fourth-order valence-corrected chi connectivity index (χ4v) is 7.59. The van der Waals surface area contributed by atoms with Gasteiger partial charge in [0.15, 0.2) is 0 Å². The molecule has 4 nitrogen and oxygen atoms in total. The first-order valence-corrected chi connectivity index (χ1v) is 24.8. The summed E-state index contributed by atoms with van der Waals surface area (Å²) < 4.78 is 0. The lowest BCUT2D eigenvalue weighted by Gasteiger charge is -2.22. The van der Waals surface area contributed by atoms with E-state index >= 15 is 0 Å². The molecule has 0 aromatic rings. The molecule has 56 heavy (non-hydrogen) atoms. The van der Waals surface area contributed by atoms with Crippen LogP contribution >= 0.6 is 0 Å². The second-order valence-corrected chi connectivity index (χ2v) is 16.9. The summed E-state index contributed by atoms with van der Waals surface area (Å²) in [5.74, 6) is -0.0535. The number of aliphatic hydroxyl groups is 2. The molecule has 0 fully saturated rings. The average Bonchev–Trinajstić information content (AvgIpc) is 3.20. The summed E-state index contributed by atoms with van der Waals surface area (Å²) in [7, 11) is 0. The molecule has 0 saturated heterocycles. The third-order valence-corrected chi connectivity index (χ3v) is 11.4. The van der Waals surface area contributed by atoms with Crippen LogP contribution in [-0.2, 0) is 4.79 Å². The van der Waals surface area contributed by atoms with E-state index in [1.54, 1.807) is 0 Å². The van der Waals surface area contributed by atoms with Crippen molar-refractivity contribution in [1.82, 2.24) is 5.32 Å². The minimum atomic E-state index is -0.672. The molecule has 2 atom stereocenters. The van der Waals surface area contributed by atoms with Gasteiger partial charge in [-0.25, -0.2) is 0 Å². The predicted molar refractivity (Wildman–Crippen MR) is 248 cm³/mol. The largest absolute Gasteiger partial charge is 0.394 e. The monoisotopic (exact) mass is 784 g/mol. The van der Waals surface area contributed by atoms with Crippen LogP contribution < -0.4 is 5.32 Å². The van der Waals surface area contributed by atoms with Crippen molar-refractivity contribution in [2.45, 2.75) is 270 Å². The maximum atomic E-state index is 12.4. The fourth-order valence-electron chi connectivity index (χ4n) is 7.59. The highest BCUT2D eigenvalue weighted by molar-refractivity contribution is 5.76. The Kier molecular flexibility index (Phi) is 46.3. The summed E-state index contributed by atoms with van der Waals surface area (Å²) in [5.41, 5.74) is 0. The zero-order chi connectivity index (χ0) is 40.7. The van der Waals surface area contributed by atoms with Crippen LogP contribution in [0.3, 0.4) is 0 Å². The van der Waals surface area contributed by atoms with Gasteiger partial charge in [-0.15, -0.1) is 0 Å². The highest BCUT2D eigenvalue weighted by Crippen LogP contribution is 2.17. The highest BCUT2D eigenvalue weighted by Gasteiger charge is 2.20. The molecule has 0 saturated carbocycles. The average molecular weight is 784 g/mol. The van der Waals surface area contributed by atoms with Gasteiger partial charge in [0.1, 0.15) is 0 Å². The SMILES string of the molecule is CC/C=C\C/C=C\C/C=C\C/C=C\CCCCCCC(=O)NC(CO)C(O)CCCCCCCCCCCCCCCCCCCCCCCCCCCCC. The van der Waals surface area contributed by atoms with Crippen molar-refractivity contribution in [3.05, 3.63) is 48.6 Å². The first-order valence-electron chi connectivity index (χ1n) is 24.8. The Morgan fingerprint density at radius 1 is 0.446 bits per heavy atom. The normalized spacial score (nSPS) is 13.3. The lowest BCUT2D eigenvalue weighted by molar-refractivity contribution is -0.123. The van der Waals surface area contributed by atoms with Crippen LogP contribution in [0.15, 0.2) is 48.6 Å². The number of unbranched alkanes of at least 4 members (excludes halogenated alkanes) is 30. The number of carbonyl (C=O) groups excluding carboxylic acids is 1. The van der Waals surface area contributed by atoms with Gasteiger partial charge in [-0.3, -0.25) is 4.79 Å². The van der Waals surface area contributed by atoms with E-state index in [0.29, 0.717) is 12.8 Å². The molecule has 2 unspecified atom stereocenters. The van der Waals surface area contributed by atoms with Crippen LogP contribution in [0.25, 0.3) is 0 Å². The van der Waals surface area contributed by atoms with Crippen LogP contribution in [0.1, 0.15) is 258 Å². The Labute approximate surface area is 350 Å². The molecule has 0 aromatic heterocycles. The van der Waals surface area contributed by atoms with E-state index in [9.17, 15) is 15.0 Å². The van der Waals surface area contributed by atoms with Crippen molar-refractivity contribution in [1.29, 1.82) is 0 Å². The summed E-state index contributed by atoms with van der Waals surface area (Å²) in [4.78, 5) is 12.4. The van der Waals surface area contributed by atoms with Crippen molar-refractivity contribution in [2.75, 3.05) is 6.61 Å². The Hall–Kier alpha value is -1.65. The standard InChI is InChI=1S/C52H97NO3/c1-3-5-7-9-11-13-15-17-19-21-22-23-24-25-26-27-28-29-30-32-33-35-37-39-41-43-45-47-51(55)50(49-54)53-52(56)48-46-44-42-40-38-36-34-31-20-18-16-14-12-10-8-6-4-2/h6,8,12,14,18,20,34,36,50-51,54-55H,3-5,7,9-11,13,15-17,19,21-33,35,37-49H2,1-2H3,(H,53,56)/b8-6-,14-12-,20-18-,36-34-. The van der Waals surface area contributed by atoms with Gasteiger partial charge in [0, 0.05) is 6.42 Å². The van der Waals surface area contributed by atoms with E-state index in [1.807, 2.05) is 0 Å². The Morgan fingerprint density at radius 3 is 1.18 bits per heavy atom. The van der Waals surface area contributed by atoms with Crippen LogP contribution in [0.2, 0.25) is 0 Å². The van der Waals surface area contributed by atoms with Crippen molar-refractivity contribution in [3.63, 3.8) is 0 Å². The molecule has 4 heteroatoms. The smallest absolute Gasteiger partial charge is 0.220 e. The molecule has 0 aromatic carbocycles. The number of hydrogen-bond acceptors (Lipinski definition) is 3. The Bertz CT molecular complexity index is 893. The highest BCUT2D eigenvalue weighted by atomic mass is 16.3. The zero-order valence-electron chi connectivity index (χ0n) is 37.7. The van der Waals surface area contributed by atoms with Crippen molar-refractivity contribution < 1.29 is 15.0 Å². The topological polar surface area (TPSA) is 69.6 Å². The van der Waals surface area contributed by atoms with Crippen LogP contribution in [0.5, 0.6) is 0 Å². The van der Waals surface area contributed by atoms with Crippen molar-refractivity contribution >= 4 is 5.91 Å². The van der Waals surface area contributed by atoms with Gasteiger partial charge >= 0.3 is 0 Å². The Morgan fingerprint density at radius 2 is 0.786 bits per heavy atom. The van der Waals surface area contributed by atoms with Crippen LogP contribution in [0, 0.1) is 0 Å². The molecule has 0 aliphatic heterocycles. The lowest BCUT2D eigenvalue weighted by Crippen LogP contribution is -2.45. The van der Waals surface area contributed by atoms with E-state index in [1.165, 1.54) is 161 Å². The van der Waals surface area contributed by atoms with Crippen molar-refractivity contribution in [2.24, 2.45) is 0 Å². The van der Waals surface area contributed by atoms with Crippen LogP contribution in [0.4, 0.5) is 0 Å². The van der Waals surface area contributed by atoms with Crippen molar-refractivity contribution in [3.8, 4) is 0 Å². The minimum Gasteiger partial charge on any atom is -0.394 e. The second kappa shape index (κ2) is 47.7. The summed E-state index contributed by atoms with van der Waals surface area (Å²) in [6.45, 7) is 4.25. The van der Waals surface area contributed by atoms with Gasteiger partial charge in [0.05, 0.1) is 18.8 Å². The quantitative estimate of drug-likeness (QED) is 0.0425. The van der Waals surface area contributed by atoms with Crippen LogP contribution in [-0.4, -0.2) is 34.9 Å². The maximum Gasteiger partial charge on any atom is 0.220 e. The molecule has 328 valence electrons. The van der Waals surface area contributed by atoms with Gasteiger partial charge < -0.3 is 15.5 Å². The third-order valence-electron chi connectivity index (χ3n) is 11.4. The Balaban J connectivity index is 3.48. The molecule has 0 rings (SSSR count). The van der Waals surface area contributed by atoms with Gasteiger partial charge in [0.25, 0.3) is 0 Å². The molecular formula is C52H97NO3. The molecule has 0 radical (unpaired) electrons. The van der Waals surface area contributed by atoms with E-state index in [0.717, 1.165) is 70.6 Å². The van der Waals surface area contributed by atoms with Gasteiger partial charge in [-0.2, -0.15) is 0 Å². The van der Waals surface area contributed by atoms with Gasteiger partial charge in [-0.1, -0.05) is 249 Å². The van der Waals surface area contributed by atoms with Gasteiger partial charge in [-0.05, 0) is 51.4 Å². The summed E-state index contributed by atoms with van der Waals surface area (Å²) in [6.07, 6.45) is 65.0. The first kappa shape index (κ1) is 54.3. The predicted octanol–water partition coefficient (Wildman–Crippen LogP) is 15.9. The fraction of sp³-hybridized carbons (Fsp3) is 0.827. The van der Waals surface area contributed by atoms with E-state index in [-0.39, 0.29) is 12.5 Å². The number of allylic oxidation sites excluding steroid dienone is 8. The number of rotatable bonds is 45. The molecule has 0 aliphatic rings. The third kappa shape index (κ3) is 43.5.